The molecule has 0 spiro atoms. The molecule has 0 bridgehead atoms. The number of hydrogen-bond donors (Lipinski definition) is 2. The van der Waals surface area contributed by atoms with E-state index in [1.807, 2.05) is 20.0 Å². The van der Waals surface area contributed by atoms with E-state index in [1.165, 1.54) is 4.88 Å². The van der Waals surface area contributed by atoms with Crippen molar-refractivity contribution in [2.24, 2.45) is 0 Å². The van der Waals surface area contributed by atoms with Crippen LogP contribution in [0, 0.1) is 13.8 Å². The van der Waals surface area contributed by atoms with Crippen LogP contribution < -0.4 is 5.32 Å². The van der Waals surface area contributed by atoms with Gasteiger partial charge in [-0.2, -0.15) is 0 Å². The molecule has 4 nitrogen and oxygen atoms in total. The molecular formula is C13H17N3OS. The Balaban J connectivity index is 2.01. The second kappa shape index (κ2) is 5.46. The van der Waals surface area contributed by atoms with E-state index in [0.717, 1.165) is 10.7 Å². The molecule has 96 valence electrons. The van der Waals surface area contributed by atoms with Crippen molar-refractivity contribution in [1.29, 1.82) is 0 Å². The predicted molar refractivity (Wildman–Crippen MR) is 72.7 cm³/mol. The summed E-state index contributed by atoms with van der Waals surface area (Å²) in [6.45, 7) is 6.55. The van der Waals surface area contributed by atoms with Crippen LogP contribution >= 0.6 is 11.3 Å². The zero-order valence-electron chi connectivity index (χ0n) is 10.8. The van der Waals surface area contributed by atoms with E-state index in [1.54, 1.807) is 23.5 Å². The SMILES string of the molecule is Cc1ccc(O)c(CNC(C)c2ncc(C)s2)n1. The molecule has 0 amide bonds. The summed E-state index contributed by atoms with van der Waals surface area (Å²) in [5.41, 5.74) is 1.58. The van der Waals surface area contributed by atoms with E-state index in [-0.39, 0.29) is 11.8 Å². The molecule has 1 atom stereocenters. The molecule has 18 heavy (non-hydrogen) atoms. The lowest BCUT2D eigenvalue weighted by Crippen LogP contribution is -2.18. The third-order valence-electron chi connectivity index (χ3n) is 2.67. The molecule has 2 heterocycles. The van der Waals surface area contributed by atoms with Crippen LogP contribution in [0.1, 0.15) is 34.2 Å². The van der Waals surface area contributed by atoms with Crippen LogP contribution in [0.4, 0.5) is 0 Å². The minimum atomic E-state index is 0.158. The van der Waals surface area contributed by atoms with E-state index < -0.39 is 0 Å². The summed E-state index contributed by atoms with van der Waals surface area (Å²) in [6, 6.07) is 3.63. The van der Waals surface area contributed by atoms with Gasteiger partial charge in [0.05, 0.1) is 11.7 Å². The van der Waals surface area contributed by atoms with Gasteiger partial charge in [-0.15, -0.1) is 11.3 Å². The first-order chi connectivity index (χ1) is 8.56. The summed E-state index contributed by atoms with van der Waals surface area (Å²) in [6.07, 6.45) is 1.88. The Hall–Kier alpha value is -1.46. The van der Waals surface area contributed by atoms with Gasteiger partial charge in [0, 0.05) is 23.3 Å². The molecule has 2 N–H and O–H groups in total. The highest BCUT2D eigenvalue weighted by molar-refractivity contribution is 7.11. The summed E-state index contributed by atoms with van der Waals surface area (Å²) in [7, 11) is 0. The molecular weight excluding hydrogens is 246 g/mol. The zero-order chi connectivity index (χ0) is 13.1. The van der Waals surface area contributed by atoms with E-state index in [4.69, 9.17) is 0 Å². The highest BCUT2D eigenvalue weighted by atomic mass is 32.1. The third-order valence-corrected chi connectivity index (χ3v) is 3.77. The van der Waals surface area contributed by atoms with Gasteiger partial charge in [-0.1, -0.05) is 0 Å². The molecule has 2 aromatic heterocycles. The topological polar surface area (TPSA) is 58.0 Å². The Bertz CT molecular complexity index is 539. The molecule has 0 fully saturated rings. The van der Waals surface area contributed by atoms with Crippen LogP contribution in [0.15, 0.2) is 18.3 Å². The fraction of sp³-hybridized carbons (Fsp3) is 0.385. The lowest BCUT2D eigenvalue weighted by molar-refractivity contribution is 0.454. The van der Waals surface area contributed by atoms with Gasteiger partial charge in [0.2, 0.25) is 0 Å². The number of pyridine rings is 1. The highest BCUT2D eigenvalue weighted by Crippen LogP contribution is 2.20. The van der Waals surface area contributed by atoms with Gasteiger partial charge >= 0.3 is 0 Å². The lowest BCUT2D eigenvalue weighted by Gasteiger charge is -2.11. The minimum absolute atomic E-state index is 0.158. The standard InChI is InChI=1S/C13H17N3OS/c1-8-4-5-12(17)11(16-8)7-14-10(3)13-15-6-9(2)18-13/h4-6,10,14,17H,7H2,1-3H3. The molecule has 0 aliphatic carbocycles. The van der Waals surface area contributed by atoms with Crippen LogP contribution in [0.3, 0.4) is 0 Å². The fourth-order valence-electron chi connectivity index (χ4n) is 1.64. The number of nitrogens with one attached hydrogen (secondary N) is 1. The maximum Gasteiger partial charge on any atom is 0.138 e. The molecule has 5 heteroatoms. The van der Waals surface area contributed by atoms with Gasteiger partial charge in [-0.05, 0) is 32.9 Å². The smallest absolute Gasteiger partial charge is 0.138 e. The Morgan fingerprint density at radius 1 is 1.39 bits per heavy atom. The molecule has 0 aliphatic rings. The summed E-state index contributed by atoms with van der Waals surface area (Å²) < 4.78 is 0. The minimum Gasteiger partial charge on any atom is -0.506 e. The third kappa shape index (κ3) is 3.05. The number of aryl methyl sites for hydroxylation is 2. The number of hydrogen-bond acceptors (Lipinski definition) is 5. The normalized spacial score (nSPS) is 12.6. The Labute approximate surface area is 111 Å². The van der Waals surface area contributed by atoms with Gasteiger partial charge in [-0.3, -0.25) is 4.98 Å². The van der Waals surface area contributed by atoms with Crippen LogP contribution in [-0.4, -0.2) is 15.1 Å². The van der Waals surface area contributed by atoms with Crippen molar-refractivity contribution in [2.75, 3.05) is 0 Å². The van der Waals surface area contributed by atoms with Crippen molar-refractivity contribution in [3.8, 4) is 5.75 Å². The molecule has 1 unspecified atom stereocenters. The van der Waals surface area contributed by atoms with Gasteiger partial charge in [0.15, 0.2) is 0 Å². The highest BCUT2D eigenvalue weighted by Gasteiger charge is 2.10. The molecule has 2 aromatic rings. The second-order valence-electron chi connectivity index (χ2n) is 4.33. The van der Waals surface area contributed by atoms with E-state index in [2.05, 4.69) is 22.2 Å². The molecule has 0 aromatic carbocycles. The van der Waals surface area contributed by atoms with Crippen molar-refractivity contribution in [2.45, 2.75) is 33.4 Å². The first-order valence-electron chi connectivity index (χ1n) is 5.87. The summed E-state index contributed by atoms with van der Waals surface area (Å²) >= 11 is 1.68. The first kappa shape index (κ1) is 13.0. The molecule has 2 rings (SSSR count). The number of rotatable bonds is 4. The van der Waals surface area contributed by atoms with Gasteiger partial charge in [0.1, 0.15) is 10.8 Å². The molecule has 0 saturated carbocycles. The van der Waals surface area contributed by atoms with Gasteiger partial charge < -0.3 is 10.4 Å². The Morgan fingerprint density at radius 2 is 2.17 bits per heavy atom. The largest absolute Gasteiger partial charge is 0.506 e. The Morgan fingerprint density at radius 3 is 2.83 bits per heavy atom. The van der Waals surface area contributed by atoms with Crippen molar-refractivity contribution < 1.29 is 5.11 Å². The Kier molecular flexibility index (Phi) is 3.93. The molecule has 0 saturated heterocycles. The number of aromatic nitrogens is 2. The monoisotopic (exact) mass is 263 g/mol. The van der Waals surface area contributed by atoms with E-state index in [0.29, 0.717) is 12.2 Å². The second-order valence-corrected chi connectivity index (χ2v) is 5.60. The fourth-order valence-corrected chi connectivity index (χ4v) is 2.44. The van der Waals surface area contributed by atoms with Crippen LogP contribution in [0.5, 0.6) is 5.75 Å². The van der Waals surface area contributed by atoms with Crippen LogP contribution in [-0.2, 0) is 6.54 Å². The van der Waals surface area contributed by atoms with Crippen molar-refractivity contribution >= 4 is 11.3 Å². The van der Waals surface area contributed by atoms with E-state index in [9.17, 15) is 5.11 Å². The number of aromatic hydroxyl groups is 1. The summed E-state index contributed by atoms with van der Waals surface area (Å²) in [5.74, 6) is 0.232. The van der Waals surface area contributed by atoms with Crippen LogP contribution in [0.25, 0.3) is 0 Å². The summed E-state index contributed by atoms with van der Waals surface area (Å²) in [4.78, 5) is 9.86. The predicted octanol–water partition coefficient (Wildman–Crippen LogP) is 2.71. The molecule has 0 aliphatic heterocycles. The summed E-state index contributed by atoms with van der Waals surface area (Å²) in [5, 5.41) is 14.1. The van der Waals surface area contributed by atoms with Crippen molar-refractivity contribution in [1.82, 2.24) is 15.3 Å². The number of thiazole rings is 1. The van der Waals surface area contributed by atoms with Crippen LogP contribution in [0.2, 0.25) is 0 Å². The molecule has 0 radical (unpaired) electrons. The quantitative estimate of drug-likeness (QED) is 0.890. The zero-order valence-corrected chi connectivity index (χ0v) is 11.6. The number of nitrogens with zero attached hydrogens (tertiary/aromatic N) is 2. The maximum absolute atomic E-state index is 9.71. The lowest BCUT2D eigenvalue weighted by atomic mass is 10.2. The van der Waals surface area contributed by atoms with Crippen molar-refractivity contribution in [3.05, 3.63) is 39.6 Å². The van der Waals surface area contributed by atoms with E-state index >= 15 is 0 Å². The average molecular weight is 263 g/mol. The average Bonchev–Trinajstić information content (AvgIpc) is 2.77. The van der Waals surface area contributed by atoms with Crippen molar-refractivity contribution in [3.63, 3.8) is 0 Å². The van der Waals surface area contributed by atoms with Gasteiger partial charge in [0.25, 0.3) is 0 Å². The van der Waals surface area contributed by atoms with Gasteiger partial charge in [-0.25, -0.2) is 4.98 Å². The maximum atomic E-state index is 9.71. The first-order valence-corrected chi connectivity index (χ1v) is 6.69.